The summed E-state index contributed by atoms with van der Waals surface area (Å²) < 4.78 is 5.43. The average molecular weight is 229 g/mol. The van der Waals surface area contributed by atoms with Gasteiger partial charge in [-0.25, -0.2) is 5.84 Å². The molecule has 0 aromatic rings. The number of hydrogen-bond acceptors (Lipinski definition) is 4. The van der Waals surface area contributed by atoms with E-state index in [0.29, 0.717) is 5.92 Å². The minimum Gasteiger partial charge on any atom is -0.381 e. The summed E-state index contributed by atoms with van der Waals surface area (Å²) in [7, 11) is 2.04. The first-order valence-corrected chi connectivity index (χ1v) is 5.90. The Hall–Kier alpha value is -0.650. The molecule has 0 bridgehead atoms. The molecule has 3 N–H and O–H groups in total. The average Bonchev–Trinajstić information content (AvgIpc) is 2.29. The third-order valence-corrected chi connectivity index (χ3v) is 3.00. The fraction of sp³-hybridized carbons (Fsp3) is 0.909. The van der Waals surface area contributed by atoms with Gasteiger partial charge in [0, 0.05) is 25.6 Å². The van der Waals surface area contributed by atoms with Crippen molar-refractivity contribution in [3.8, 4) is 0 Å². The predicted molar refractivity (Wildman–Crippen MR) is 62.5 cm³/mol. The van der Waals surface area contributed by atoms with E-state index >= 15 is 0 Å². The number of ether oxygens (including phenoxy) is 1. The van der Waals surface area contributed by atoms with Gasteiger partial charge < -0.3 is 9.64 Å². The van der Waals surface area contributed by atoms with Crippen molar-refractivity contribution < 1.29 is 9.53 Å². The summed E-state index contributed by atoms with van der Waals surface area (Å²) in [6.45, 7) is 5.35. The Labute approximate surface area is 97.3 Å². The third kappa shape index (κ3) is 4.47. The van der Waals surface area contributed by atoms with Crippen molar-refractivity contribution in [3.63, 3.8) is 0 Å². The zero-order valence-electron chi connectivity index (χ0n) is 10.2. The van der Waals surface area contributed by atoms with Gasteiger partial charge in [0.25, 0.3) is 0 Å². The van der Waals surface area contributed by atoms with Crippen molar-refractivity contribution in [2.24, 2.45) is 17.7 Å². The van der Waals surface area contributed by atoms with E-state index in [2.05, 4.69) is 10.3 Å². The molecular weight excluding hydrogens is 206 g/mol. The van der Waals surface area contributed by atoms with Crippen molar-refractivity contribution in [1.82, 2.24) is 10.3 Å². The number of amides is 1. The Bertz CT molecular complexity index is 217. The van der Waals surface area contributed by atoms with Gasteiger partial charge in [-0.1, -0.05) is 6.92 Å². The van der Waals surface area contributed by atoms with Crippen LogP contribution in [0.2, 0.25) is 0 Å². The zero-order chi connectivity index (χ0) is 12.0. The molecule has 1 amide bonds. The van der Waals surface area contributed by atoms with Crippen molar-refractivity contribution >= 4 is 5.91 Å². The highest BCUT2D eigenvalue weighted by molar-refractivity contribution is 5.77. The van der Waals surface area contributed by atoms with Crippen LogP contribution in [0.25, 0.3) is 0 Å². The van der Waals surface area contributed by atoms with Crippen LogP contribution in [0.4, 0.5) is 0 Å². The molecule has 0 spiro atoms. The molecule has 0 saturated carbocycles. The minimum absolute atomic E-state index is 0.0699. The molecule has 2 atom stereocenters. The lowest BCUT2D eigenvalue weighted by Gasteiger charge is -2.28. The second-order valence-electron chi connectivity index (χ2n) is 4.71. The standard InChI is InChI=1S/C11H23N3O2/c1-9(11(15)13-12)6-14(2)7-10-4-3-5-16-8-10/h9-10H,3-8,12H2,1-2H3,(H,13,15). The lowest BCUT2D eigenvalue weighted by molar-refractivity contribution is -0.125. The molecule has 5 heteroatoms. The SMILES string of the molecule is CC(CN(C)CC1CCCOC1)C(=O)NN. The van der Waals surface area contributed by atoms with Gasteiger partial charge >= 0.3 is 0 Å². The molecule has 2 unspecified atom stereocenters. The summed E-state index contributed by atoms with van der Waals surface area (Å²) in [4.78, 5) is 13.4. The smallest absolute Gasteiger partial charge is 0.237 e. The maximum Gasteiger partial charge on any atom is 0.237 e. The van der Waals surface area contributed by atoms with Crippen LogP contribution in [0.1, 0.15) is 19.8 Å². The summed E-state index contributed by atoms with van der Waals surface area (Å²) in [5.41, 5.74) is 2.18. The van der Waals surface area contributed by atoms with Gasteiger partial charge in [-0.3, -0.25) is 10.2 Å². The lowest BCUT2D eigenvalue weighted by atomic mass is 10.0. The summed E-state index contributed by atoms with van der Waals surface area (Å²) >= 11 is 0. The second kappa shape index (κ2) is 6.83. The molecule has 0 aromatic carbocycles. The predicted octanol–water partition coefficient (Wildman–Crippen LogP) is -0.0292. The van der Waals surface area contributed by atoms with E-state index in [0.717, 1.165) is 32.7 Å². The Morgan fingerprint density at radius 2 is 2.44 bits per heavy atom. The van der Waals surface area contributed by atoms with Crippen LogP contribution in [-0.4, -0.2) is 44.2 Å². The van der Waals surface area contributed by atoms with Crippen molar-refractivity contribution in [3.05, 3.63) is 0 Å². The largest absolute Gasteiger partial charge is 0.381 e. The first kappa shape index (κ1) is 13.4. The molecule has 5 nitrogen and oxygen atoms in total. The van der Waals surface area contributed by atoms with Crippen LogP contribution in [0.15, 0.2) is 0 Å². The van der Waals surface area contributed by atoms with E-state index in [1.807, 2.05) is 14.0 Å². The molecule has 1 aliphatic rings. The van der Waals surface area contributed by atoms with Crippen LogP contribution in [-0.2, 0) is 9.53 Å². The van der Waals surface area contributed by atoms with E-state index in [-0.39, 0.29) is 11.8 Å². The molecule has 0 aromatic heterocycles. The first-order chi connectivity index (χ1) is 7.63. The van der Waals surface area contributed by atoms with Gasteiger partial charge in [0.05, 0.1) is 6.61 Å². The number of carbonyl (C=O) groups is 1. The molecule has 1 heterocycles. The highest BCUT2D eigenvalue weighted by atomic mass is 16.5. The van der Waals surface area contributed by atoms with Crippen molar-refractivity contribution in [2.75, 3.05) is 33.4 Å². The topological polar surface area (TPSA) is 67.6 Å². The Morgan fingerprint density at radius 1 is 1.69 bits per heavy atom. The van der Waals surface area contributed by atoms with E-state index in [4.69, 9.17) is 10.6 Å². The molecule has 94 valence electrons. The Balaban J connectivity index is 2.23. The molecular formula is C11H23N3O2. The highest BCUT2D eigenvalue weighted by Gasteiger charge is 2.19. The van der Waals surface area contributed by atoms with E-state index in [1.165, 1.54) is 6.42 Å². The maximum absolute atomic E-state index is 11.3. The molecule has 1 aliphatic heterocycles. The van der Waals surface area contributed by atoms with Crippen LogP contribution in [0, 0.1) is 11.8 Å². The Morgan fingerprint density at radius 3 is 3.00 bits per heavy atom. The number of hydrazine groups is 1. The number of rotatable bonds is 5. The van der Waals surface area contributed by atoms with Gasteiger partial charge in [-0.2, -0.15) is 0 Å². The summed E-state index contributed by atoms with van der Waals surface area (Å²) in [5, 5.41) is 0. The molecule has 0 radical (unpaired) electrons. The van der Waals surface area contributed by atoms with Crippen LogP contribution in [0.5, 0.6) is 0 Å². The van der Waals surface area contributed by atoms with Crippen LogP contribution < -0.4 is 11.3 Å². The number of hydrogen-bond donors (Lipinski definition) is 2. The second-order valence-corrected chi connectivity index (χ2v) is 4.71. The minimum atomic E-state index is -0.105. The molecule has 1 fully saturated rings. The maximum atomic E-state index is 11.3. The molecule has 0 aliphatic carbocycles. The van der Waals surface area contributed by atoms with E-state index in [9.17, 15) is 4.79 Å². The summed E-state index contributed by atoms with van der Waals surface area (Å²) in [6, 6.07) is 0. The summed E-state index contributed by atoms with van der Waals surface area (Å²) in [6.07, 6.45) is 2.37. The first-order valence-electron chi connectivity index (χ1n) is 5.90. The fourth-order valence-corrected chi connectivity index (χ4v) is 2.16. The zero-order valence-corrected chi connectivity index (χ0v) is 10.2. The van der Waals surface area contributed by atoms with E-state index in [1.54, 1.807) is 0 Å². The normalized spacial score (nSPS) is 23.1. The quantitative estimate of drug-likeness (QED) is 0.395. The summed E-state index contributed by atoms with van der Waals surface area (Å²) in [5.74, 6) is 5.52. The third-order valence-electron chi connectivity index (χ3n) is 3.00. The lowest BCUT2D eigenvalue weighted by Crippen LogP contribution is -2.41. The van der Waals surface area contributed by atoms with Crippen molar-refractivity contribution in [1.29, 1.82) is 0 Å². The number of nitrogens with two attached hydrogens (primary N) is 1. The van der Waals surface area contributed by atoms with Gasteiger partial charge in [0.15, 0.2) is 0 Å². The van der Waals surface area contributed by atoms with Crippen LogP contribution in [0.3, 0.4) is 0 Å². The van der Waals surface area contributed by atoms with Crippen molar-refractivity contribution in [2.45, 2.75) is 19.8 Å². The fourth-order valence-electron chi connectivity index (χ4n) is 2.16. The van der Waals surface area contributed by atoms with Crippen LogP contribution >= 0.6 is 0 Å². The molecule has 1 saturated heterocycles. The number of carbonyl (C=O) groups excluding carboxylic acids is 1. The van der Waals surface area contributed by atoms with Gasteiger partial charge in [0.2, 0.25) is 5.91 Å². The monoisotopic (exact) mass is 229 g/mol. The van der Waals surface area contributed by atoms with Gasteiger partial charge in [0.1, 0.15) is 0 Å². The number of nitrogens with one attached hydrogen (secondary N) is 1. The number of nitrogens with zero attached hydrogens (tertiary/aromatic N) is 1. The van der Waals surface area contributed by atoms with Gasteiger partial charge in [-0.05, 0) is 25.8 Å². The molecule has 16 heavy (non-hydrogen) atoms. The van der Waals surface area contributed by atoms with Gasteiger partial charge in [-0.15, -0.1) is 0 Å². The Kier molecular flexibility index (Phi) is 5.73. The highest BCUT2D eigenvalue weighted by Crippen LogP contribution is 2.14. The van der Waals surface area contributed by atoms with E-state index < -0.39 is 0 Å². The molecule has 1 rings (SSSR count).